The number of ether oxygens (including phenoxy) is 1. The van der Waals surface area contributed by atoms with Gasteiger partial charge in [-0.25, -0.2) is 4.79 Å². The van der Waals surface area contributed by atoms with Gasteiger partial charge < -0.3 is 10.5 Å². The molecule has 5 nitrogen and oxygen atoms in total. The number of anilines is 1. The van der Waals surface area contributed by atoms with E-state index in [0.717, 1.165) is 17.2 Å². The summed E-state index contributed by atoms with van der Waals surface area (Å²) < 4.78 is 6.64. The Balaban J connectivity index is 2.65. The number of nitrogen functional groups attached to an aromatic ring is 1. The van der Waals surface area contributed by atoms with Crippen LogP contribution in [0, 0.1) is 0 Å². The molecule has 0 aliphatic carbocycles. The number of carbonyl (C=O) groups excluding carboxylic acids is 1. The third kappa shape index (κ3) is 3.39. The average molecular weight is 257 g/mol. The van der Waals surface area contributed by atoms with E-state index in [2.05, 4.69) is 12.0 Å². The lowest BCUT2D eigenvalue weighted by molar-refractivity contribution is 0.0519. The molecule has 6 heteroatoms. The van der Waals surface area contributed by atoms with E-state index in [9.17, 15) is 4.79 Å². The summed E-state index contributed by atoms with van der Waals surface area (Å²) in [6.07, 6.45) is 0.707. The highest BCUT2D eigenvalue weighted by atomic mass is 32.2. The Morgan fingerprint density at radius 2 is 2.24 bits per heavy atom. The van der Waals surface area contributed by atoms with Crippen LogP contribution in [0.3, 0.4) is 0 Å². The second-order valence-corrected chi connectivity index (χ2v) is 4.91. The Hall–Kier alpha value is -1.17. The highest BCUT2D eigenvalue weighted by Crippen LogP contribution is 2.17. The lowest BCUT2D eigenvalue weighted by Crippen LogP contribution is -2.14. The van der Waals surface area contributed by atoms with Crippen LogP contribution in [0.4, 0.5) is 5.69 Å². The predicted molar refractivity (Wildman–Crippen MR) is 70.3 cm³/mol. The van der Waals surface area contributed by atoms with Gasteiger partial charge in [0.1, 0.15) is 6.61 Å². The van der Waals surface area contributed by atoms with Crippen molar-refractivity contribution < 1.29 is 9.53 Å². The average Bonchev–Trinajstić information content (AvgIpc) is 2.59. The third-order valence-electron chi connectivity index (χ3n) is 2.35. The molecule has 0 saturated carbocycles. The highest BCUT2D eigenvalue weighted by Gasteiger charge is 2.20. The number of nitrogens with two attached hydrogens (primary N) is 1. The van der Waals surface area contributed by atoms with Gasteiger partial charge >= 0.3 is 5.97 Å². The van der Waals surface area contributed by atoms with E-state index in [0.29, 0.717) is 24.4 Å². The van der Waals surface area contributed by atoms with E-state index in [-0.39, 0.29) is 0 Å². The van der Waals surface area contributed by atoms with Crippen LogP contribution in [0.15, 0.2) is 0 Å². The van der Waals surface area contributed by atoms with E-state index in [1.807, 2.05) is 6.92 Å². The Morgan fingerprint density at radius 1 is 1.53 bits per heavy atom. The van der Waals surface area contributed by atoms with E-state index in [1.54, 1.807) is 18.8 Å². The van der Waals surface area contributed by atoms with Crippen LogP contribution in [0.5, 0.6) is 0 Å². The van der Waals surface area contributed by atoms with Crippen molar-refractivity contribution in [2.24, 2.45) is 7.05 Å². The fraction of sp³-hybridized carbons (Fsp3) is 0.636. The first-order valence-electron chi connectivity index (χ1n) is 5.68. The van der Waals surface area contributed by atoms with E-state index in [1.165, 1.54) is 4.68 Å². The fourth-order valence-electron chi connectivity index (χ4n) is 1.51. The summed E-state index contributed by atoms with van der Waals surface area (Å²) in [4.78, 5) is 11.8. The zero-order chi connectivity index (χ0) is 12.8. The van der Waals surface area contributed by atoms with Crippen LogP contribution in [0.25, 0.3) is 0 Å². The van der Waals surface area contributed by atoms with Gasteiger partial charge in [0.15, 0.2) is 5.69 Å². The largest absolute Gasteiger partial charge is 0.460 e. The van der Waals surface area contributed by atoms with Gasteiger partial charge in [-0.1, -0.05) is 13.8 Å². The van der Waals surface area contributed by atoms with E-state index in [4.69, 9.17) is 10.5 Å². The molecule has 1 aromatic rings. The summed E-state index contributed by atoms with van der Waals surface area (Å²) in [5.41, 5.74) is 7.38. The normalized spacial score (nSPS) is 10.5. The second-order valence-electron chi connectivity index (χ2n) is 3.52. The number of carbonyl (C=O) groups is 1. The molecule has 17 heavy (non-hydrogen) atoms. The Kier molecular flexibility index (Phi) is 5.34. The molecule has 0 bridgehead atoms. The van der Waals surface area contributed by atoms with Crippen molar-refractivity contribution in [1.29, 1.82) is 0 Å². The number of hydrogen-bond acceptors (Lipinski definition) is 5. The third-order valence-corrected chi connectivity index (χ3v) is 3.22. The summed E-state index contributed by atoms with van der Waals surface area (Å²) in [6, 6.07) is 0. The topological polar surface area (TPSA) is 70.1 Å². The van der Waals surface area contributed by atoms with Crippen molar-refractivity contribution >= 4 is 23.4 Å². The van der Waals surface area contributed by atoms with E-state index < -0.39 is 5.97 Å². The first-order valence-corrected chi connectivity index (χ1v) is 6.83. The van der Waals surface area contributed by atoms with Crippen molar-refractivity contribution in [2.45, 2.75) is 20.3 Å². The number of nitrogens with zero attached hydrogens (tertiary/aromatic N) is 2. The number of esters is 1. The number of aromatic nitrogens is 2. The van der Waals surface area contributed by atoms with E-state index >= 15 is 0 Å². The van der Waals surface area contributed by atoms with Gasteiger partial charge in [-0.05, 0) is 12.2 Å². The zero-order valence-electron chi connectivity index (χ0n) is 10.5. The van der Waals surface area contributed by atoms with Gasteiger partial charge in [0.25, 0.3) is 0 Å². The quantitative estimate of drug-likeness (QED) is 0.617. The minimum absolute atomic E-state index is 0.350. The van der Waals surface area contributed by atoms with Crippen LogP contribution >= 0.6 is 11.8 Å². The fourth-order valence-corrected chi connectivity index (χ4v) is 2.00. The van der Waals surface area contributed by atoms with Gasteiger partial charge in [0, 0.05) is 12.8 Å². The molecule has 0 aliphatic rings. The van der Waals surface area contributed by atoms with Crippen LogP contribution < -0.4 is 5.73 Å². The molecular weight excluding hydrogens is 238 g/mol. The Labute approximate surface area is 106 Å². The molecule has 96 valence electrons. The molecular formula is C11H19N3O2S. The van der Waals surface area contributed by atoms with Crippen LogP contribution in [-0.4, -0.2) is 33.9 Å². The van der Waals surface area contributed by atoms with Gasteiger partial charge in [-0.15, -0.1) is 0 Å². The van der Waals surface area contributed by atoms with Crippen LogP contribution in [0.2, 0.25) is 0 Å². The molecule has 1 aromatic heterocycles. The minimum atomic E-state index is -0.395. The molecule has 1 rings (SSSR count). The summed E-state index contributed by atoms with van der Waals surface area (Å²) in [6.45, 7) is 4.42. The number of thioether (sulfide) groups is 1. The molecule has 0 amide bonds. The predicted octanol–water partition coefficient (Wildman–Crippen LogP) is 1.47. The first-order chi connectivity index (χ1) is 8.11. The van der Waals surface area contributed by atoms with Gasteiger partial charge in [-0.3, -0.25) is 4.68 Å². The maximum Gasteiger partial charge on any atom is 0.358 e. The standard InChI is InChI=1S/C11H19N3O2S/c1-4-8-9(12)10(14(3)13-8)11(15)16-6-7-17-5-2/h4-7,12H2,1-3H3. The van der Waals surface area contributed by atoms with Crippen molar-refractivity contribution in [1.82, 2.24) is 9.78 Å². The molecule has 0 radical (unpaired) electrons. The summed E-state index contributed by atoms with van der Waals surface area (Å²) in [7, 11) is 1.70. The van der Waals surface area contributed by atoms with Crippen molar-refractivity contribution in [3.8, 4) is 0 Å². The van der Waals surface area contributed by atoms with Gasteiger partial charge in [-0.2, -0.15) is 16.9 Å². The first kappa shape index (κ1) is 13.9. The molecule has 0 unspecified atom stereocenters. The maximum atomic E-state index is 11.8. The monoisotopic (exact) mass is 257 g/mol. The van der Waals surface area contributed by atoms with Gasteiger partial charge in [0.05, 0.1) is 11.4 Å². The SMILES string of the molecule is CCSCCOC(=O)c1c(N)c(CC)nn1C. The second kappa shape index (κ2) is 6.54. The number of hydrogen-bond donors (Lipinski definition) is 1. The lowest BCUT2D eigenvalue weighted by atomic mass is 10.2. The zero-order valence-corrected chi connectivity index (χ0v) is 11.3. The van der Waals surface area contributed by atoms with Crippen molar-refractivity contribution in [3.63, 3.8) is 0 Å². The number of rotatable bonds is 6. The molecule has 0 fully saturated rings. The Morgan fingerprint density at radius 3 is 2.76 bits per heavy atom. The van der Waals surface area contributed by atoms with Crippen molar-refractivity contribution in [2.75, 3.05) is 23.8 Å². The highest BCUT2D eigenvalue weighted by molar-refractivity contribution is 7.99. The molecule has 1 heterocycles. The summed E-state index contributed by atoms with van der Waals surface area (Å²) in [5.74, 6) is 1.43. The van der Waals surface area contributed by atoms with Gasteiger partial charge in [0.2, 0.25) is 0 Å². The summed E-state index contributed by atoms with van der Waals surface area (Å²) >= 11 is 1.73. The summed E-state index contributed by atoms with van der Waals surface area (Å²) in [5, 5.41) is 4.18. The molecule has 2 N–H and O–H groups in total. The maximum absolute atomic E-state index is 11.8. The van der Waals surface area contributed by atoms with Crippen molar-refractivity contribution in [3.05, 3.63) is 11.4 Å². The molecule has 0 saturated heterocycles. The van der Waals surface area contributed by atoms with Crippen LogP contribution in [-0.2, 0) is 18.2 Å². The van der Waals surface area contributed by atoms with Crippen LogP contribution in [0.1, 0.15) is 30.0 Å². The Bertz CT molecular complexity index is 390. The lowest BCUT2D eigenvalue weighted by Gasteiger charge is -2.05. The molecule has 0 aliphatic heterocycles. The number of aryl methyl sites for hydroxylation is 2. The molecule has 0 aromatic carbocycles. The smallest absolute Gasteiger partial charge is 0.358 e. The molecule has 0 spiro atoms. The molecule has 0 atom stereocenters. The minimum Gasteiger partial charge on any atom is -0.460 e.